The maximum absolute atomic E-state index is 13.8. The predicted octanol–water partition coefficient (Wildman–Crippen LogP) is 5.50. The van der Waals surface area contributed by atoms with Gasteiger partial charge in [-0.2, -0.15) is 0 Å². The van der Waals surface area contributed by atoms with Crippen LogP contribution in [0, 0.1) is 5.82 Å². The minimum atomic E-state index is -0.386. The van der Waals surface area contributed by atoms with Crippen LogP contribution in [-0.4, -0.2) is 10.9 Å². The molecule has 5 heteroatoms. The van der Waals surface area contributed by atoms with E-state index in [9.17, 15) is 9.18 Å². The van der Waals surface area contributed by atoms with Crippen LogP contribution in [0.3, 0.4) is 0 Å². The van der Waals surface area contributed by atoms with E-state index in [2.05, 4.69) is 10.3 Å². The molecule has 0 spiro atoms. The van der Waals surface area contributed by atoms with E-state index >= 15 is 0 Å². The van der Waals surface area contributed by atoms with Crippen molar-refractivity contribution in [2.75, 3.05) is 5.73 Å². The molecule has 0 aliphatic heterocycles. The molecule has 1 unspecified atom stereocenters. The SMILES string of the molecule is CCC(NC(=O)c1c(N)c(-c2cccc(F)c2)nc2ccccc12)c1ccccc1. The molecule has 0 bridgehead atoms. The summed E-state index contributed by atoms with van der Waals surface area (Å²) in [5.41, 5.74) is 9.61. The number of aromatic nitrogens is 1. The van der Waals surface area contributed by atoms with Crippen LogP contribution in [0.2, 0.25) is 0 Å². The van der Waals surface area contributed by atoms with Crippen LogP contribution in [0.25, 0.3) is 22.2 Å². The number of nitrogens with two attached hydrogens (primary N) is 1. The number of anilines is 1. The smallest absolute Gasteiger partial charge is 0.254 e. The average molecular weight is 399 g/mol. The summed E-state index contributed by atoms with van der Waals surface area (Å²) < 4.78 is 13.8. The number of rotatable bonds is 5. The second-order valence-electron chi connectivity index (χ2n) is 7.12. The summed E-state index contributed by atoms with van der Waals surface area (Å²) >= 11 is 0. The number of hydrogen-bond donors (Lipinski definition) is 2. The van der Waals surface area contributed by atoms with Crippen LogP contribution in [0.1, 0.15) is 35.3 Å². The van der Waals surface area contributed by atoms with Gasteiger partial charge in [-0.05, 0) is 30.2 Å². The first-order chi connectivity index (χ1) is 14.6. The number of nitrogens with one attached hydrogen (secondary N) is 1. The van der Waals surface area contributed by atoms with Gasteiger partial charge in [0.1, 0.15) is 5.82 Å². The average Bonchev–Trinajstić information content (AvgIpc) is 2.77. The van der Waals surface area contributed by atoms with Gasteiger partial charge in [0.05, 0.1) is 28.5 Å². The number of nitrogens with zero attached hydrogens (tertiary/aromatic N) is 1. The number of nitrogen functional groups attached to an aromatic ring is 1. The van der Waals surface area contributed by atoms with Crippen molar-refractivity contribution in [3.63, 3.8) is 0 Å². The lowest BCUT2D eigenvalue weighted by molar-refractivity contribution is 0.0938. The number of carbonyl (C=O) groups is 1. The van der Waals surface area contributed by atoms with E-state index in [0.717, 1.165) is 12.0 Å². The van der Waals surface area contributed by atoms with Crippen LogP contribution in [-0.2, 0) is 0 Å². The third-order valence-corrected chi connectivity index (χ3v) is 5.17. The third-order valence-electron chi connectivity index (χ3n) is 5.17. The van der Waals surface area contributed by atoms with Crippen LogP contribution in [0.5, 0.6) is 0 Å². The Morgan fingerprint density at radius 1 is 1.03 bits per heavy atom. The van der Waals surface area contributed by atoms with Crippen LogP contribution >= 0.6 is 0 Å². The lowest BCUT2D eigenvalue weighted by Crippen LogP contribution is -2.29. The number of hydrogen-bond acceptors (Lipinski definition) is 3. The van der Waals surface area contributed by atoms with Crippen LogP contribution in [0.15, 0.2) is 78.9 Å². The molecule has 0 aliphatic carbocycles. The summed E-state index contributed by atoms with van der Waals surface area (Å²) in [6.45, 7) is 2.02. The van der Waals surface area contributed by atoms with Crippen molar-refractivity contribution in [3.8, 4) is 11.3 Å². The minimum absolute atomic E-state index is 0.150. The maximum Gasteiger partial charge on any atom is 0.254 e. The number of benzene rings is 3. The van der Waals surface area contributed by atoms with Crippen molar-refractivity contribution in [3.05, 3.63) is 95.8 Å². The van der Waals surface area contributed by atoms with E-state index in [1.807, 2.05) is 61.5 Å². The number of para-hydroxylation sites is 1. The monoisotopic (exact) mass is 399 g/mol. The van der Waals surface area contributed by atoms with Gasteiger partial charge in [0.25, 0.3) is 5.91 Å². The Labute approximate surface area is 174 Å². The Kier molecular flexibility index (Phi) is 5.44. The van der Waals surface area contributed by atoms with E-state index in [1.54, 1.807) is 12.1 Å². The number of carbonyl (C=O) groups excluding carboxylic acids is 1. The first-order valence-corrected chi connectivity index (χ1v) is 9.88. The fourth-order valence-electron chi connectivity index (χ4n) is 3.66. The highest BCUT2D eigenvalue weighted by molar-refractivity contribution is 6.12. The molecule has 1 aromatic heterocycles. The molecule has 1 heterocycles. The Bertz CT molecular complexity index is 1210. The fourth-order valence-corrected chi connectivity index (χ4v) is 3.66. The Morgan fingerprint density at radius 2 is 1.77 bits per heavy atom. The zero-order valence-corrected chi connectivity index (χ0v) is 16.6. The standard InChI is InChI=1S/C25H22FN3O/c1-2-20(16-9-4-3-5-10-16)29-25(30)22-19-13-6-7-14-21(19)28-24(23(22)27)17-11-8-12-18(26)15-17/h3-15,20H,2,27H2,1H3,(H,29,30). The van der Waals surface area contributed by atoms with E-state index in [1.165, 1.54) is 12.1 Å². The quantitative estimate of drug-likeness (QED) is 0.465. The molecule has 3 aromatic carbocycles. The zero-order valence-electron chi connectivity index (χ0n) is 16.6. The summed E-state index contributed by atoms with van der Waals surface area (Å²) in [5, 5.41) is 3.76. The molecule has 0 saturated carbocycles. The van der Waals surface area contributed by atoms with Gasteiger partial charge in [0.2, 0.25) is 0 Å². The van der Waals surface area contributed by atoms with Gasteiger partial charge in [0.15, 0.2) is 0 Å². The molecule has 4 rings (SSSR count). The van der Waals surface area contributed by atoms with Gasteiger partial charge in [-0.15, -0.1) is 0 Å². The number of fused-ring (bicyclic) bond motifs is 1. The van der Waals surface area contributed by atoms with Gasteiger partial charge in [-0.25, -0.2) is 9.37 Å². The zero-order chi connectivity index (χ0) is 21.1. The highest BCUT2D eigenvalue weighted by Crippen LogP contribution is 2.33. The molecule has 4 aromatic rings. The van der Waals surface area contributed by atoms with Crippen molar-refractivity contribution in [1.82, 2.24) is 10.3 Å². The fraction of sp³-hybridized carbons (Fsp3) is 0.120. The van der Waals surface area contributed by atoms with Crippen molar-refractivity contribution >= 4 is 22.5 Å². The van der Waals surface area contributed by atoms with Crippen molar-refractivity contribution in [1.29, 1.82) is 0 Å². The number of amides is 1. The highest BCUT2D eigenvalue weighted by Gasteiger charge is 2.22. The van der Waals surface area contributed by atoms with Crippen molar-refractivity contribution in [2.24, 2.45) is 0 Å². The first-order valence-electron chi connectivity index (χ1n) is 9.88. The van der Waals surface area contributed by atoms with Crippen molar-refractivity contribution in [2.45, 2.75) is 19.4 Å². The summed E-state index contributed by atoms with van der Waals surface area (Å²) in [6.07, 6.45) is 0.732. The van der Waals surface area contributed by atoms with Crippen LogP contribution in [0.4, 0.5) is 10.1 Å². The highest BCUT2D eigenvalue weighted by atomic mass is 19.1. The molecule has 4 nitrogen and oxygen atoms in total. The van der Waals surface area contributed by atoms with E-state index in [4.69, 9.17) is 5.73 Å². The second kappa shape index (κ2) is 8.33. The lowest BCUT2D eigenvalue weighted by Gasteiger charge is -2.20. The predicted molar refractivity (Wildman–Crippen MR) is 118 cm³/mol. The summed E-state index contributed by atoms with van der Waals surface area (Å²) in [4.78, 5) is 18.0. The Hall–Kier alpha value is -3.73. The normalized spacial score (nSPS) is 11.9. The Balaban J connectivity index is 1.83. The third kappa shape index (κ3) is 3.74. The topological polar surface area (TPSA) is 68.0 Å². The molecule has 0 saturated heterocycles. The molecular weight excluding hydrogens is 377 g/mol. The van der Waals surface area contributed by atoms with E-state index < -0.39 is 0 Å². The molecule has 3 N–H and O–H groups in total. The molecule has 150 valence electrons. The largest absolute Gasteiger partial charge is 0.396 e. The van der Waals surface area contributed by atoms with Gasteiger partial charge < -0.3 is 11.1 Å². The summed E-state index contributed by atoms with van der Waals surface area (Å²) in [5.74, 6) is -0.664. The van der Waals surface area contributed by atoms with Gasteiger partial charge in [-0.3, -0.25) is 4.79 Å². The van der Waals surface area contributed by atoms with E-state index in [-0.39, 0.29) is 23.5 Å². The second-order valence-corrected chi connectivity index (χ2v) is 7.12. The molecule has 0 fully saturated rings. The summed E-state index contributed by atoms with van der Waals surface area (Å²) in [6, 6.07) is 23.1. The molecular formula is C25H22FN3O. The van der Waals surface area contributed by atoms with Crippen molar-refractivity contribution < 1.29 is 9.18 Å². The molecule has 0 aliphatic rings. The van der Waals surface area contributed by atoms with E-state index in [0.29, 0.717) is 27.7 Å². The minimum Gasteiger partial charge on any atom is -0.396 e. The molecule has 30 heavy (non-hydrogen) atoms. The maximum atomic E-state index is 13.8. The molecule has 1 atom stereocenters. The Morgan fingerprint density at radius 3 is 2.50 bits per heavy atom. The summed E-state index contributed by atoms with van der Waals surface area (Å²) in [7, 11) is 0. The van der Waals surface area contributed by atoms with Gasteiger partial charge in [-0.1, -0.05) is 67.6 Å². The van der Waals surface area contributed by atoms with Gasteiger partial charge in [0, 0.05) is 10.9 Å². The number of pyridine rings is 1. The molecule has 1 amide bonds. The molecule has 0 radical (unpaired) electrons. The van der Waals surface area contributed by atoms with Crippen LogP contribution < -0.4 is 11.1 Å². The van der Waals surface area contributed by atoms with Gasteiger partial charge >= 0.3 is 0 Å². The first kappa shape index (κ1) is 19.6. The lowest BCUT2D eigenvalue weighted by atomic mass is 9.99. The number of halogens is 1.